The van der Waals surface area contributed by atoms with Gasteiger partial charge in [0.25, 0.3) is 0 Å². The van der Waals surface area contributed by atoms with Gasteiger partial charge in [0.1, 0.15) is 35.0 Å². The van der Waals surface area contributed by atoms with Gasteiger partial charge in [0, 0.05) is 5.56 Å². The third-order valence-electron chi connectivity index (χ3n) is 5.29. The second-order valence-electron chi connectivity index (χ2n) is 7.81. The number of ether oxygens (including phenoxy) is 3. The van der Waals surface area contributed by atoms with Crippen LogP contribution in [0.2, 0.25) is 0 Å². The molecule has 0 spiro atoms. The Kier molecular flexibility index (Phi) is 7.88. The third-order valence-corrected chi connectivity index (χ3v) is 5.29. The van der Waals surface area contributed by atoms with Gasteiger partial charge in [-0.2, -0.15) is 10.5 Å². The second kappa shape index (κ2) is 11.8. The molecule has 0 heterocycles. The van der Waals surface area contributed by atoms with Crippen LogP contribution in [0.3, 0.4) is 0 Å². The molecule has 0 amide bonds. The maximum Gasteiger partial charge on any atom is 0.343 e. The van der Waals surface area contributed by atoms with Crippen molar-refractivity contribution >= 4 is 17.7 Å². The van der Waals surface area contributed by atoms with Crippen molar-refractivity contribution in [1.82, 2.24) is 0 Å². The first-order valence-corrected chi connectivity index (χ1v) is 11.3. The lowest BCUT2D eigenvalue weighted by atomic mass is 10.1. The molecule has 0 saturated carbocycles. The maximum absolute atomic E-state index is 12.5. The van der Waals surface area contributed by atoms with Gasteiger partial charge >= 0.3 is 11.9 Å². The molecule has 0 radical (unpaired) electrons. The number of Topliss-reactive ketones (excluding diaryl/α,β-unsaturated/α-hetero) is 1. The van der Waals surface area contributed by atoms with E-state index in [4.69, 9.17) is 19.5 Å². The number of hydrogen-bond donors (Lipinski definition) is 0. The molecule has 0 atom stereocenters. The molecule has 4 aromatic rings. The van der Waals surface area contributed by atoms with Crippen molar-refractivity contribution in [2.45, 2.75) is 0 Å². The van der Waals surface area contributed by atoms with Crippen molar-refractivity contribution in [1.29, 1.82) is 10.5 Å². The largest absolute Gasteiger partial charge is 0.456 e. The molecule has 0 unspecified atom stereocenters. The molecule has 0 aliphatic rings. The van der Waals surface area contributed by atoms with Crippen LogP contribution < -0.4 is 9.47 Å². The van der Waals surface area contributed by atoms with Crippen LogP contribution in [0.4, 0.5) is 0 Å². The normalized spacial score (nSPS) is 9.95. The van der Waals surface area contributed by atoms with Gasteiger partial charge in [0.15, 0.2) is 12.4 Å². The predicted octanol–water partition coefficient (Wildman–Crippen LogP) is 5.48. The number of carbonyl (C=O) groups excluding carboxylic acids is 3. The number of nitrogens with zero attached hydrogens (tertiary/aromatic N) is 2. The Morgan fingerprint density at radius 2 is 1.37 bits per heavy atom. The molecule has 4 aromatic carbocycles. The third kappa shape index (κ3) is 6.09. The van der Waals surface area contributed by atoms with Crippen LogP contribution in [0.15, 0.2) is 97.1 Å². The Hall–Kier alpha value is -5.73. The number of hydrogen-bond acceptors (Lipinski definition) is 8. The van der Waals surface area contributed by atoms with Crippen LogP contribution in [0.5, 0.6) is 17.2 Å². The van der Waals surface area contributed by atoms with E-state index in [1.807, 2.05) is 12.1 Å². The van der Waals surface area contributed by atoms with Gasteiger partial charge in [-0.25, -0.2) is 9.59 Å². The van der Waals surface area contributed by atoms with Gasteiger partial charge < -0.3 is 14.2 Å². The Morgan fingerprint density at radius 1 is 0.658 bits per heavy atom. The summed E-state index contributed by atoms with van der Waals surface area (Å²) in [6, 6.07) is 28.9. The van der Waals surface area contributed by atoms with Crippen LogP contribution >= 0.6 is 0 Å². The molecule has 4 rings (SSSR count). The summed E-state index contributed by atoms with van der Waals surface area (Å²) in [7, 11) is 0. The van der Waals surface area contributed by atoms with Crippen LogP contribution in [0.1, 0.15) is 42.2 Å². The van der Waals surface area contributed by atoms with Crippen LogP contribution in [-0.2, 0) is 4.74 Å². The lowest BCUT2D eigenvalue weighted by Crippen LogP contribution is -2.14. The number of ketones is 1. The number of nitriles is 2. The summed E-state index contributed by atoms with van der Waals surface area (Å²) in [6.45, 7) is -0.504. The molecule has 0 fully saturated rings. The van der Waals surface area contributed by atoms with Crippen molar-refractivity contribution < 1.29 is 28.6 Å². The number of rotatable bonds is 8. The average molecular weight is 502 g/mol. The summed E-state index contributed by atoms with van der Waals surface area (Å²) in [5.74, 6) is -1.03. The molecule has 0 saturated heterocycles. The minimum Gasteiger partial charge on any atom is -0.456 e. The van der Waals surface area contributed by atoms with Crippen LogP contribution in [0, 0.1) is 22.7 Å². The second-order valence-corrected chi connectivity index (χ2v) is 7.81. The fourth-order valence-corrected chi connectivity index (χ4v) is 3.39. The Bertz CT molecular complexity index is 1580. The van der Waals surface area contributed by atoms with Gasteiger partial charge in [0.2, 0.25) is 0 Å². The lowest BCUT2D eigenvalue weighted by molar-refractivity contribution is 0.0474. The van der Waals surface area contributed by atoms with E-state index in [2.05, 4.69) is 0 Å². The number of esters is 2. The first-order valence-electron chi connectivity index (χ1n) is 11.3. The SMILES string of the molecule is N#Cc1cccc(Oc2cccc(C(=O)OCC(=O)c3ccc(OC(=O)c4ccccc4)cc3)c2)c1C#N. The minimum atomic E-state index is -0.747. The van der Waals surface area contributed by atoms with Crippen molar-refractivity contribution in [3.05, 3.63) is 125 Å². The molecule has 0 aromatic heterocycles. The van der Waals surface area contributed by atoms with Crippen molar-refractivity contribution in [3.8, 4) is 29.4 Å². The zero-order valence-corrected chi connectivity index (χ0v) is 19.8. The molecule has 0 bridgehead atoms. The standard InChI is InChI=1S/C30H18N2O6/c31-17-23-9-5-11-28(26(23)18-32)37-25-10-4-8-22(16-25)29(34)36-19-27(33)20-12-14-24(15-13-20)38-30(35)21-6-2-1-3-7-21/h1-16H,19H2. The first-order chi connectivity index (χ1) is 18.5. The minimum absolute atomic E-state index is 0.0782. The van der Waals surface area contributed by atoms with Crippen molar-refractivity contribution in [3.63, 3.8) is 0 Å². The zero-order chi connectivity index (χ0) is 26.9. The summed E-state index contributed by atoms with van der Waals surface area (Å²) in [6.07, 6.45) is 0. The molecule has 184 valence electrons. The highest BCUT2D eigenvalue weighted by atomic mass is 16.5. The Balaban J connectivity index is 1.35. The van der Waals surface area contributed by atoms with Gasteiger partial charge in [-0.1, -0.05) is 30.3 Å². The summed E-state index contributed by atoms with van der Waals surface area (Å²) >= 11 is 0. The number of benzene rings is 4. The van der Waals surface area contributed by atoms with E-state index in [1.54, 1.807) is 48.5 Å². The molecule has 0 aliphatic heterocycles. The summed E-state index contributed by atoms with van der Waals surface area (Å²) < 4.78 is 16.2. The van der Waals surface area contributed by atoms with Gasteiger partial charge in [0.05, 0.1) is 16.7 Å². The molecular weight excluding hydrogens is 484 g/mol. The first kappa shape index (κ1) is 25.4. The van der Waals surface area contributed by atoms with E-state index in [0.717, 1.165) is 0 Å². The van der Waals surface area contributed by atoms with Gasteiger partial charge in [-0.15, -0.1) is 0 Å². The predicted molar refractivity (Wildman–Crippen MR) is 135 cm³/mol. The van der Waals surface area contributed by atoms with Crippen molar-refractivity contribution in [2.24, 2.45) is 0 Å². The maximum atomic E-state index is 12.5. The monoisotopic (exact) mass is 502 g/mol. The molecule has 8 nitrogen and oxygen atoms in total. The summed E-state index contributed by atoms with van der Waals surface area (Å²) in [5.41, 5.74) is 1.05. The topological polar surface area (TPSA) is 126 Å². The molecular formula is C30H18N2O6. The van der Waals surface area contributed by atoms with Gasteiger partial charge in [-0.05, 0) is 66.7 Å². The molecule has 8 heteroatoms. The number of carbonyl (C=O) groups is 3. The van der Waals surface area contributed by atoms with E-state index in [9.17, 15) is 19.6 Å². The van der Waals surface area contributed by atoms with Gasteiger partial charge in [-0.3, -0.25) is 4.79 Å². The zero-order valence-electron chi connectivity index (χ0n) is 19.8. The lowest BCUT2D eigenvalue weighted by Gasteiger charge is -2.10. The quantitative estimate of drug-likeness (QED) is 0.176. The van der Waals surface area contributed by atoms with E-state index < -0.39 is 24.3 Å². The van der Waals surface area contributed by atoms with E-state index >= 15 is 0 Å². The van der Waals surface area contributed by atoms with E-state index in [0.29, 0.717) is 5.56 Å². The molecule has 0 aliphatic carbocycles. The summed E-state index contributed by atoms with van der Waals surface area (Å²) in [4.78, 5) is 37.2. The Morgan fingerprint density at radius 3 is 2.08 bits per heavy atom. The van der Waals surface area contributed by atoms with Crippen LogP contribution in [-0.4, -0.2) is 24.3 Å². The van der Waals surface area contributed by atoms with Crippen LogP contribution in [0.25, 0.3) is 0 Å². The molecule has 0 N–H and O–H groups in total. The van der Waals surface area contributed by atoms with E-state index in [1.165, 1.54) is 48.5 Å². The highest BCUT2D eigenvalue weighted by Gasteiger charge is 2.15. The highest BCUT2D eigenvalue weighted by molar-refractivity contribution is 5.99. The fraction of sp³-hybridized carbons (Fsp3) is 0.0333. The van der Waals surface area contributed by atoms with E-state index in [-0.39, 0.29) is 39.5 Å². The summed E-state index contributed by atoms with van der Waals surface area (Å²) in [5, 5.41) is 18.5. The fourth-order valence-electron chi connectivity index (χ4n) is 3.39. The van der Waals surface area contributed by atoms with Crippen molar-refractivity contribution in [2.75, 3.05) is 6.61 Å². The smallest absolute Gasteiger partial charge is 0.343 e. The Labute approximate surface area is 217 Å². The molecule has 38 heavy (non-hydrogen) atoms. The highest BCUT2D eigenvalue weighted by Crippen LogP contribution is 2.28. The average Bonchev–Trinajstić information content (AvgIpc) is 2.96.